The molecular formula is C18H18BrN3O2S2. The van der Waals surface area contributed by atoms with Gasteiger partial charge in [-0.25, -0.2) is 8.42 Å². The molecule has 5 nitrogen and oxygen atoms in total. The second-order valence-corrected chi connectivity index (χ2v) is 9.86. The van der Waals surface area contributed by atoms with Gasteiger partial charge in [-0.15, -0.1) is 11.3 Å². The normalized spacial score (nSPS) is 15.4. The Bertz CT molecular complexity index is 990. The molecule has 1 aliphatic rings. The number of hydrogen-bond donors (Lipinski definition) is 1. The number of nitrogens with one attached hydrogen (secondary N) is 1. The number of aromatic nitrogens is 2. The van der Waals surface area contributed by atoms with Crippen molar-refractivity contribution in [3.63, 3.8) is 0 Å². The van der Waals surface area contributed by atoms with Crippen molar-refractivity contribution >= 4 is 43.0 Å². The monoisotopic (exact) mass is 451 g/mol. The van der Waals surface area contributed by atoms with E-state index in [4.69, 9.17) is 0 Å². The molecule has 136 valence electrons. The Morgan fingerprint density at radius 3 is 2.54 bits per heavy atom. The summed E-state index contributed by atoms with van der Waals surface area (Å²) in [6.07, 6.45) is 6.11. The van der Waals surface area contributed by atoms with Gasteiger partial charge in [0.05, 0.1) is 10.9 Å². The van der Waals surface area contributed by atoms with E-state index in [1.165, 1.54) is 11.3 Å². The highest BCUT2D eigenvalue weighted by Gasteiger charge is 2.27. The second kappa shape index (κ2) is 7.17. The summed E-state index contributed by atoms with van der Waals surface area (Å²) >= 11 is 4.86. The van der Waals surface area contributed by atoms with Crippen molar-refractivity contribution in [1.82, 2.24) is 9.78 Å². The van der Waals surface area contributed by atoms with E-state index in [1.807, 2.05) is 22.2 Å². The third-order valence-electron chi connectivity index (χ3n) is 4.54. The summed E-state index contributed by atoms with van der Waals surface area (Å²) in [5, 5.41) is 6.59. The lowest BCUT2D eigenvalue weighted by molar-refractivity contribution is 0.467. The van der Waals surface area contributed by atoms with Gasteiger partial charge in [0.15, 0.2) is 0 Å². The highest BCUT2D eigenvalue weighted by molar-refractivity contribution is 9.10. The topological polar surface area (TPSA) is 64.0 Å². The maximum absolute atomic E-state index is 13.1. The number of nitrogens with zero attached hydrogens (tertiary/aromatic N) is 2. The lowest BCUT2D eigenvalue weighted by Crippen LogP contribution is -2.13. The van der Waals surface area contributed by atoms with Gasteiger partial charge in [0.1, 0.15) is 10.6 Å². The number of halogens is 1. The largest absolute Gasteiger partial charge is 0.280 e. The molecule has 1 aromatic carbocycles. The van der Waals surface area contributed by atoms with E-state index in [-0.39, 0.29) is 10.9 Å². The molecule has 0 radical (unpaired) electrons. The molecule has 3 aromatic rings. The number of thiophene rings is 1. The van der Waals surface area contributed by atoms with E-state index < -0.39 is 10.0 Å². The molecule has 1 N–H and O–H groups in total. The maximum Gasteiger partial charge on any atom is 0.265 e. The molecule has 0 unspecified atom stereocenters. The third kappa shape index (κ3) is 3.58. The van der Waals surface area contributed by atoms with Crippen LogP contribution in [0.5, 0.6) is 0 Å². The third-order valence-corrected chi connectivity index (χ3v) is 7.33. The number of sulfonamides is 1. The van der Waals surface area contributed by atoms with E-state index in [0.717, 1.165) is 35.0 Å². The van der Waals surface area contributed by atoms with Gasteiger partial charge in [-0.3, -0.25) is 9.40 Å². The molecule has 8 heteroatoms. The Morgan fingerprint density at radius 1 is 1.15 bits per heavy atom. The van der Waals surface area contributed by atoms with Gasteiger partial charge in [0.25, 0.3) is 10.0 Å². The van der Waals surface area contributed by atoms with Crippen molar-refractivity contribution in [2.24, 2.45) is 0 Å². The van der Waals surface area contributed by atoms with Gasteiger partial charge in [0.2, 0.25) is 0 Å². The molecule has 0 saturated heterocycles. The number of rotatable bonds is 5. The molecule has 1 aliphatic carbocycles. The van der Waals surface area contributed by atoms with Gasteiger partial charge < -0.3 is 0 Å². The number of benzene rings is 1. The standard InChI is InChI=1S/C18H18BrN3O2S2/c19-13-7-9-14(10-8-13)21-26(23,24)17-12-22(15-4-1-2-5-15)20-18(17)16-6-3-11-25-16/h3,6-12,15,21H,1-2,4-5H2. The average Bonchev–Trinajstić information content (AvgIpc) is 3.36. The summed E-state index contributed by atoms with van der Waals surface area (Å²) in [5.74, 6) is 0. The van der Waals surface area contributed by atoms with Gasteiger partial charge in [-0.2, -0.15) is 5.10 Å². The van der Waals surface area contributed by atoms with Crippen LogP contribution >= 0.6 is 27.3 Å². The molecular weight excluding hydrogens is 434 g/mol. The molecule has 1 fully saturated rings. The van der Waals surface area contributed by atoms with Gasteiger partial charge >= 0.3 is 0 Å². The Labute approximate surface area is 165 Å². The van der Waals surface area contributed by atoms with Gasteiger partial charge in [0, 0.05) is 16.4 Å². The minimum absolute atomic E-state index is 0.231. The van der Waals surface area contributed by atoms with Crippen LogP contribution < -0.4 is 4.72 Å². The first kappa shape index (κ1) is 17.8. The lowest BCUT2D eigenvalue weighted by Gasteiger charge is -2.09. The molecule has 4 rings (SSSR count). The highest BCUT2D eigenvalue weighted by atomic mass is 79.9. The molecule has 0 spiro atoms. The summed E-state index contributed by atoms with van der Waals surface area (Å²) in [4.78, 5) is 1.09. The van der Waals surface area contributed by atoms with Crippen molar-refractivity contribution in [3.05, 3.63) is 52.4 Å². The Morgan fingerprint density at radius 2 is 1.88 bits per heavy atom. The fourth-order valence-corrected chi connectivity index (χ4v) is 5.50. The van der Waals surface area contributed by atoms with Gasteiger partial charge in [-0.1, -0.05) is 34.8 Å². The van der Waals surface area contributed by atoms with E-state index in [1.54, 1.807) is 30.5 Å². The first-order valence-corrected chi connectivity index (χ1v) is 11.6. The van der Waals surface area contributed by atoms with E-state index in [0.29, 0.717) is 11.4 Å². The van der Waals surface area contributed by atoms with E-state index in [2.05, 4.69) is 25.8 Å². The maximum atomic E-state index is 13.1. The summed E-state index contributed by atoms with van der Waals surface area (Å²) in [7, 11) is -3.73. The fourth-order valence-electron chi connectivity index (χ4n) is 3.24. The molecule has 2 aromatic heterocycles. The van der Waals surface area contributed by atoms with Crippen LogP contribution in [-0.2, 0) is 10.0 Å². The van der Waals surface area contributed by atoms with Gasteiger partial charge in [-0.05, 0) is 48.6 Å². The van der Waals surface area contributed by atoms with Crippen LogP contribution in [0.1, 0.15) is 31.7 Å². The fraction of sp³-hybridized carbons (Fsp3) is 0.278. The quantitative estimate of drug-likeness (QED) is 0.572. The summed E-state index contributed by atoms with van der Waals surface area (Å²) in [5.41, 5.74) is 1.05. The van der Waals surface area contributed by atoms with Crippen molar-refractivity contribution in [2.75, 3.05) is 4.72 Å². The molecule has 0 bridgehead atoms. The van der Waals surface area contributed by atoms with Crippen molar-refractivity contribution < 1.29 is 8.42 Å². The second-order valence-electron chi connectivity index (χ2n) is 6.35. The zero-order chi connectivity index (χ0) is 18.1. The molecule has 0 atom stereocenters. The molecule has 1 saturated carbocycles. The van der Waals surface area contributed by atoms with Crippen LogP contribution in [0.25, 0.3) is 10.6 Å². The lowest BCUT2D eigenvalue weighted by atomic mass is 10.3. The van der Waals surface area contributed by atoms with Crippen LogP contribution in [-0.4, -0.2) is 18.2 Å². The zero-order valence-electron chi connectivity index (χ0n) is 13.9. The summed E-state index contributed by atoms with van der Waals surface area (Å²) < 4.78 is 31.5. The van der Waals surface area contributed by atoms with Crippen LogP contribution in [0.3, 0.4) is 0 Å². The smallest absolute Gasteiger partial charge is 0.265 e. The summed E-state index contributed by atoms with van der Waals surface area (Å²) in [6.45, 7) is 0. The Kier molecular flexibility index (Phi) is 4.90. The average molecular weight is 452 g/mol. The Hall–Kier alpha value is -1.64. The van der Waals surface area contributed by atoms with Crippen molar-refractivity contribution in [3.8, 4) is 10.6 Å². The molecule has 26 heavy (non-hydrogen) atoms. The summed E-state index contributed by atoms with van der Waals surface area (Å²) in [6, 6.07) is 11.2. The molecule has 2 heterocycles. The predicted octanol–water partition coefficient (Wildman–Crippen LogP) is 5.29. The Balaban J connectivity index is 1.74. The van der Waals surface area contributed by atoms with Crippen LogP contribution in [0, 0.1) is 0 Å². The van der Waals surface area contributed by atoms with Crippen molar-refractivity contribution in [2.45, 2.75) is 36.6 Å². The molecule has 0 amide bonds. The first-order chi connectivity index (χ1) is 12.5. The minimum atomic E-state index is -3.73. The number of hydrogen-bond acceptors (Lipinski definition) is 4. The van der Waals surface area contributed by atoms with Crippen molar-refractivity contribution in [1.29, 1.82) is 0 Å². The number of anilines is 1. The first-order valence-electron chi connectivity index (χ1n) is 8.44. The van der Waals surface area contributed by atoms with E-state index in [9.17, 15) is 8.42 Å². The molecule has 0 aliphatic heterocycles. The van der Waals surface area contributed by atoms with Crippen LogP contribution in [0.15, 0.2) is 57.3 Å². The SMILES string of the molecule is O=S(=O)(Nc1ccc(Br)cc1)c1cn(C2CCCC2)nc1-c1cccs1. The highest BCUT2D eigenvalue weighted by Crippen LogP contribution is 2.35. The van der Waals surface area contributed by atoms with Crippen LogP contribution in [0.2, 0.25) is 0 Å². The predicted molar refractivity (Wildman–Crippen MR) is 108 cm³/mol. The van der Waals surface area contributed by atoms with E-state index >= 15 is 0 Å². The zero-order valence-corrected chi connectivity index (χ0v) is 17.1. The van der Waals surface area contributed by atoms with Crippen LogP contribution in [0.4, 0.5) is 5.69 Å². The minimum Gasteiger partial charge on any atom is -0.280 e.